The van der Waals surface area contributed by atoms with Crippen molar-refractivity contribution in [2.24, 2.45) is 0 Å². The van der Waals surface area contributed by atoms with E-state index < -0.39 is 5.91 Å². The van der Waals surface area contributed by atoms with E-state index in [-0.39, 0.29) is 16.8 Å². The second kappa shape index (κ2) is 9.40. The number of nitrogens with one attached hydrogen (secondary N) is 2. The van der Waals surface area contributed by atoms with Crippen LogP contribution in [0.2, 0.25) is 10.0 Å². The third-order valence-electron chi connectivity index (χ3n) is 4.37. The van der Waals surface area contributed by atoms with Crippen molar-refractivity contribution < 1.29 is 14.3 Å². The topological polar surface area (TPSA) is 87.4 Å². The molecular formula is C23H15Cl2N3O3S. The first-order chi connectivity index (χ1) is 15.4. The van der Waals surface area contributed by atoms with Crippen molar-refractivity contribution in [3.63, 3.8) is 0 Å². The van der Waals surface area contributed by atoms with Gasteiger partial charge in [0.15, 0.2) is 10.7 Å². The molecule has 0 radical (unpaired) electrons. The van der Waals surface area contributed by atoms with E-state index in [0.29, 0.717) is 32.4 Å². The Balaban J connectivity index is 1.45. The number of fused-ring (bicyclic) bond motifs is 1. The fourth-order valence-corrected chi connectivity index (χ4v) is 3.37. The Labute approximate surface area is 198 Å². The van der Waals surface area contributed by atoms with Gasteiger partial charge in [0.05, 0.1) is 5.56 Å². The van der Waals surface area contributed by atoms with E-state index in [4.69, 9.17) is 39.8 Å². The molecule has 4 aromatic rings. The lowest BCUT2D eigenvalue weighted by molar-refractivity contribution is -0.115. The minimum Gasteiger partial charge on any atom is -0.507 e. The maximum absolute atomic E-state index is 12.1. The number of aromatic hydroxyl groups is 1. The zero-order valence-electron chi connectivity index (χ0n) is 16.3. The van der Waals surface area contributed by atoms with Gasteiger partial charge in [-0.25, -0.2) is 4.98 Å². The molecule has 0 bridgehead atoms. The maximum Gasteiger partial charge on any atom is 0.250 e. The van der Waals surface area contributed by atoms with Gasteiger partial charge in [0, 0.05) is 21.8 Å². The molecule has 1 amide bonds. The van der Waals surface area contributed by atoms with Gasteiger partial charge < -0.3 is 14.8 Å². The fourth-order valence-electron chi connectivity index (χ4n) is 2.86. The minimum absolute atomic E-state index is 0.0194. The Bertz CT molecular complexity index is 1350. The highest BCUT2D eigenvalue weighted by atomic mass is 35.5. The summed E-state index contributed by atoms with van der Waals surface area (Å²) in [5.41, 5.74) is 2.83. The van der Waals surface area contributed by atoms with Crippen LogP contribution in [-0.2, 0) is 4.79 Å². The summed E-state index contributed by atoms with van der Waals surface area (Å²) in [6.45, 7) is 0. The molecule has 0 aliphatic carbocycles. The van der Waals surface area contributed by atoms with Crippen molar-refractivity contribution in [2.75, 3.05) is 5.32 Å². The van der Waals surface area contributed by atoms with Crippen LogP contribution in [0.25, 0.3) is 28.6 Å². The van der Waals surface area contributed by atoms with Crippen molar-refractivity contribution in [3.8, 4) is 17.2 Å². The van der Waals surface area contributed by atoms with Crippen molar-refractivity contribution in [1.82, 2.24) is 10.3 Å². The first-order valence-electron chi connectivity index (χ1n) is 9.32. The number of rotatable bonds is 4. The molecule has 9 heteroatoms. The molecule has 1 aromatic heterocycles. The normalized spacial score (nSPS) is 11.1. The molecule has 0 aliphatic heterocycles. The minimum atomic E-state index is -0.396. The number of carbonyl (C=O) groups is 1. The van der Waals surface area contributed by atoms with E-state index in [1.165, 1.54) is 12.1 Å². The molecule has 3 aromatic carbocycles. The number of oxazole rings is 1. The standard InChI is InChI=1S/C23H15Cl2N3O3S/c24-14-4-1-13(2-5-14)3-10-21(30)28-23(32)26-16-7-8-19(29)17(12-16)22-27-18-11-15(25)6-9-20(18)31-22/h1-12,29H,(H2,26,28,30,32). The lowest BCUT2D eigenvalue weighted by Gasteiger charge is -2.10. The van der Waals surface area contributed by atoms with E-state index in [9.17, 15) is 9.90 Å². The molecule has 0 spiro atoms. The van der Waals surface area contributed by atoms with E-state index in [0.717, 1.165) is 5.56 Å². The Kier molecular flexibility index (Phi) is 6.41. The molecule has 0 saturated heterocycles. The third-order valence-corrected chi connectivity index (χ3v) is 5.06. The van der Waals surface area contributed by atoms with E-state index >= 15 is 0 Å². The van der Waals surface area contributed by atoms with Crippen molar-refractivity contribution >= 4 is 69.3 Å². The van der Waals surface area contributed by atoms with Gasteiger partial charge in [0.2, 0.25) is 11.8 Å². The molecule has 0 aliphatic rings. The number of amides is 1. The highest BCUT2D eigenvalue weighted by molar-refractivity contribution is 7.80. The number of anilines is 1. The van der Waals surface area contributed by atoms with E-state index in [1.54, 1.807) is 60.7 Å². The third kappa shape index (κ3) is 5.26. The lowest BCUT2D eigenvalue weighted by Crippen LogP contribution is -2.32. The van der Waals surface area contributed by atoms with E-state index in [2.05, 4.69) is 15.6 Å². The molecule has 6 nitrogen and oxygen atoms in total. The first-order valence-corrected chi connectivity index (χ1v) is 10.5. The van der Waals surface area contributed by atoms with Crippen LogP contribution in [0.15, 0.2) is 71.2 Å². The summed E-state index contributed by atoms with van der Waals surface area (Å²) in [5, 5.41) is 17.0. The zero-order chi connectivity index (χ0) is 22.7. The molecule has 0 atom stereocenters. The number of phenolic OH excluding ortho intramolecular Hbond substituents is 1. The van der Waals surface area contributed by atoms with Crippen LogP contribution in [0.4, 0.5) is 5.69 Å². The Morgan fingerprint density at radius 1 is 1.03 bits per heavy atom. The second-order valence-corrected chi connectivity index (χ2v) is 7.97. The van der Waals surface area contributed by atoms with Crippen molar-refractivity contribution in [1.29, 1.82) is 0 Å². The number of phenols is 1. The molecule has 1 heterocycles. The quantitative estimate of drug-likeness (QED) is 0.186. The van der Waals surface area contributed by atoms with Crippen LogP contribution in [0.1, 0.15) is 5.56 Å². The predicted molar refractivity (Wildman–Crippen MR) is 131 cm³/mol. The number of hydrogen-bond acceptors (Lipinski definition) is 5. The number of benzene rings is 3. The highest BCUT2D eigenvalue weighted by Crippen LogP contribution is 2.33. The summed E-state index contributed by atoms with van der Waals surface area (Å²) in [7, 11) is 0. The Morgan fingerprint density at radius 3 is 2.56 bits per heavy atom. The smallest absolute Gasteiger partial charge is 0.250 e. The summed E-state index contributed by atoms with van der Waals surface area (Å²) in [6, 6.07) is 16.8. The number of carbonyl (C=O) groups excluding carboxylic acids is 1. The zero-order valence-corrected chi connectivity index (χ0v) is 18.6. The number of halogens is 2. The molecular weight excluding hydrogens is 469 g/mol. The number of nitrogens with zero attached hydrogens (tertiary/aromatic N) is 1. The van der Waals surface area contributed by atoms with Crippen LogP contribution in [0, 0.1) is 0 Å². The van der Waals surface area contributed by atoms with E-state index in [1.807, 2.05) is 0 Å². The number of aromatic nitrogens is 1. The Hall–Kier alpha value is -3.39. The summed E-state index contributed by atoms with van der Waals surface area (Å²) in [5.74, 6) is -0.189. The van der Waals surface area contributed by atoms with Crippen LogP contribution in [0.3, 0.4) is 0 Å². The summed E-state index contributed by atoms with van der Waals surface area (Å²) in [6.07, 6.45) is 3.01. The summed E-state index contributed by atoms with van der Waals surface area (Å²) < 4.78 is 5.72. The van der Waals surface area contributed by atoms with Gasteiger partial charge in [-0.3, -0.25) is 10.1 Å². The first kappa shape index (κ1) is 21.8. The van der Waals surface area contributed by atoms with Gasteiger partial charge in [0.25, 0.3) is 0 Å². The van der Waals surface area contributed by atoms with Crippen molar-refractivity contribution in [2.45, 2.75) is 0 Å². The highest BCUT2D eigenvalue weighted by Gasteiger charge is 2.14. The molecule has 0 saturated carbocycles. The summed E-state index contributed by atoms with van der Waals surface area (Å²) >= 11 is 17.0. The molecule has 0 unspecified atom stereocenters. The van der Waals surface area contributed by atoms with Crippen molar-refractivity contribution in [3.05, 3.63) is 82.3 Å². The van der Waals surface area contributed by atoms with Crippen LogP contribution < -0.4 is 10.6 Å². The Morgan fingerprint density at radius 2 is 1.78 bits per heavy atom. The average molecular weight is 484 g/mol. The monoisotopic (exact) mass is 483 g/mol. The molecule has 4 rings (SSSR count). The second-order valence-electron chi connectivity index (χ2n) is 6.69. The van der Waals surface area contributed by atoms with Crippen LogP contribution >= 0.6 is 35.4 Å². The summed E-state index contributed by atoms with van der Waals surface area (Å²) in [4.78, 5) is 16.5. The maximum atomic E-state index is 12.1. The van der Waals surface area contributed by atoms with Gasteiger partial charge in [-0.2, -0.15) is 0 Å². The van der Waals surface area contributed by atoms with Gasteiger partial charge in [-0.05, 0) is 72.4 Å². The fraction of sp³-hybridized carbons (Fsp3) is 0. The molecule has 0 fully saturated rings. The molecule has 160 valence electrons. The predicted octanol–water partition coefficient (Wildman–Crippen LogP) is 6.03. The molecule has 3 N–H and O–H groups in total. The van der Waals surface area contributed by atoms with Gasteiger partial charge in [-0.1, -0.05) is 35.3 Å². The molecule has 32 heavy (non-hydrogen) atoms. The van der Waals surface area contributed by atoms with Gasteiger partial charge in [-0.15, -0.1) is 0 Å². The van der Waals surface area contributed by atoms with Gasteiger partial charge >= 0.3 is 0 Å². The van der Waals surface area contributed by atoms with Gasteiger partial charge in [0.1, 0.15) is 11.3 Å². The average Bonchev–Trinajstić information content (AvgIpc) is 3.17. The lowest BCUT2D eigenvalue weighted by atomic mass is 10.1. The largest absolute Gasteiger partial charge is 0.507 e. The van der Waals surface area contributed by atoms with Crippen LogP contribution in [-0.4, -0.2) is 21.1 Å². The SMILES string of the molecule is O=C(C=Cc1ccc(Cl)cc1)NC(=S)Nc1ccc(O)c(-c2nc3cc(Cl)ccc3o2)c1. The number of thiocarbonyl (C=S) groups is 1. The van der Waals surface area contributed by atoms with Crippen LogP contribution in [0.5, 0.6) is 5.75 Å². The number of hydrogen-bond donors (Lipinski definition) is 3.